The highest BCUT2D eigenvalue weighted by Crippen LogP contribution is 2.39. The molecule has 98 valence electrons. The van der Waals surface area contributed by atoms with E-state index in [-0.39, 0.29) is 11.3 Å². The molecule has 1 aliphatic carbocycles. The van der Waals surface area contributed by atoms with Crippen molar-refractivity contribution in [2.75, 3.05) is 19.7 Å². The molecule has 1 unspecified atom stereocenters. The predicted molar refractivity (Wildman–Crippen MR) is 66.6 cm³/mol. The van der Waals surface area contributed by atoms with Crippen molar-refractivity contribution in [1.29, 1.82) is 0 Å². The number of rotatable bonds is 5. The van der Waals surface area contributed by atoms with Crippen LogP contribution in [0.4, 0.5) is 0 Å². The minimum Gasteiger partial charge on any atom is -0.378 e. The molecule has 0 bridgehead atoms. The quantitative estimate of drug-likeness (QED) is 0.758. The molecule has 2 rings (SSSR count). The highest BCUT2D eigenvalue weighted by atomic mass is 16.5. The Morgan fingerprint density at radius 3 is 2.71 bits per heavy atom. The second-order valence-corrected chi connectivity index (χ2v) is 5.37. The summed E-state index contributed by atoms with van der Waals surface area (Å²) in [4.78, 5) is 12.0. The van der Waals surface area contributed by atoms with Crippen LogP contribution < -0.4 is 11.1 Å². The summed E-state index contributed by atoms with van der Waals surface area (Å²) in [6.07, 6.45) is 7.90. The monoisotopic (exact) mass is 240 g/mol. The molecule has 1 saturated heterocycles. The van der Waals surface area contributed by atoms with E-state index in [2.05, 4.69) is 5.32 Å². The highest BCUT2D eigenvalue weighted by molar-refractivity contribution is 5.83. The zero-order chi connectivity index (χ0) is 12.1. The average molecular weight is 240 g/mol. The molecule has 0 aromatic carbocycles. The molecule has 1 saturated carbocycles. The Balaban J connectivity index is 1.65. The van der Waals surface area contributed by atoms with Gasteiger partial charge in [0.2, 0.25) is 5.91 Å². The van der Waals surface area contributed by atoms with Gasteiger partial charge in [0, 0.05) is 19.7 Å². The number of carbonyl (C=O) groups is 1. The fourth-order valence-corrected chi connectivity index (χ4v) is 2.70. The zero-order valence-electron chi connectivity index (χ0n) is 10.5. The van der Waals surface area contributed by atoms with E-state index < -0.39 is 0 Å². The molecule has 0 radical (unpaired) electrons. The van der Waals surface area contributed by atoms with Crippen molar-refractivity contribution in [3.05, 3.63) is 0 Å². The van der Waals surface area contributed by atoms with Gasteiger partial charge < -0.3 is 15.8 Å². The van der Waals surface area contributed by atoms with Gasteiger partial charge in [0.25, 0.3) is 0 Å². The van der Waals surface area contributed by atoms with Crippen LogP contribution in [0.2, 0.25) is 0 Å². The number of nitrogens with two attached hydrogens (primary N) is 1. The van der Waals surface area contributed by atoms with E-state index in [1.807, 2.05) is 0 Å². The lowest BCUT2D eigenvalue weighted by Crippen LogP contribution is -2.50. The van der Waals surface area contributed by atoms with E-state index in [0.717, 1.165) is 45.3 Å². The van der Waals surface area contributed by atoms with Gasteiger partial charge >= 0.3 is 0 Å². The fourth-order valence-electron chi connectivity index (χ4n) is 2.70. The summed E-state index contributed by atoms with van der Waals surface area (Å²) in [6, 6.07) is 0. The van der Waals surface area contributed by atoms with Crippen LogP contribution in [-0.4, -0.2) is 31.7 Å². The molecule has 1 aliphatic heterocycles. The van der Waals surface area contributed by atoms with Crippen LogP contribution in [0.3, 0.4) is 0 Å². The van der Waals surface area contributed by atoms with Crippen molar-refractivity contribution >= 4 is 5.91 Å². The Hall–Kier alpha value is -0.610. The molecule has 2 fully saturated rings. The predicted octanol–water partition coefficient (Wildman–Crippen LogP) is 1.19. The summed E-state index contributed by atoms with van der Waals surface area (Å²) in [5, 5.41) is 3.02. The lowest BCUT2D eigenvalue weighted by molar-refractivity contribution is -0.135. The minimum absolute atomic E-state index is 0.155. The van der Waals surface area contributed by atoms with E-state index in [1.54, 1.807) is 0 Å². The number of carbonyl (C=O) groups excluding carboxylic acids is 1. The first-order valence-electron chi connectivity index (χ1n) is 6.87. The SMILES string of the molecule is NCC1(C(=O)NCCC2CCCCO2)CCC1. The third-order valence-electron chi connectivity index (χ3n) is 4.21. The molecule has 1 heterocycles. The van der Waals surface area contributed by atoms with E-state index in [4.69, 9.17) is 10.5 Å². The minimum atomic E-state index is -0.243. The molecule has 0 aromatic heterocycles. The summed E-state index contributed by atoms with van der Waals surface area (Å²) in [5.41, 5.74) is 5.46. The first-order chi connectivity index (χ1) is 8.27. The second kappa shape index (κ2) is 5.83. The highest BCUT2D eigenvalue weighted by Gasteiger charge is 2.42. The Bertz CT molecular complexity index is 253. The molecular weight excluding hydrogens is 216 g/mol. The number of nitrogens with one attached hydrogen (secondary N) is 1. The number of amides is 1. The first-order valence-corrected chi connectivity index (χ1v) is 6.87. The van der Waals surface area contributed by atoms with Crippen molar-refractivity contribution in [2.24, 2.45) is 11.1 Å². The van der Waals surface area contributed by atoms with E-state index in [1.165, 1.54) is 12.8 Å². The van der Waals surface area contributed by atoms with Crippen molar-refractivity contribution in [1.82, 2.24) is 5.32 Å². The fraction of sp³-hybridized carbons (Fsp3) is 0.923. The van der Waals surface area contributed by atoms with Gasteiger partial charge in [-0.1, -0.05) is 6.42 Å². The summed E-state index contributed by atoms with van der Waals surface area (Å²) in [5.74, 6) is 0.155. The summed E-state index contributed by atoms with van der Waals surface area (Å²) < 4.78 is 5.64. The number of ether oxygens (including phenoxy) is 1. The van der Waals surface area contributed by atoms with Gasteiger partial charge in [0.15, 0.2) is 0 Å². The maximum atomic E-state index is 12.0. The van der Waals surface area contributed by atoms with Crippen molar-refractivity contribution in [2.45, 2.75) is 51.0 Å². The molecule has 3 N–H and O–H groups in total. The zero-order valence-corrected chi connectivity index (χ0v) is 10.5. The molecule has 4 nitrogen and oxygen atoms in total. The molecule has 1 amide bonds. The molecular formula is C13H24N2O2. The third kappa shape index (κ3) is 2.99. The number of hydrogen-bond donors (Lipinski definition) is 2. The van der Waals surface area contributed by atoms with Gasteiger partial charge in [-0.05, 0) is 38.5 Å². The van der Waals surface area contributed by atoms with E-state index in [9.17, 15) is 4.79 Å². The Labute approximate surface area is 103 Å². The second-order valence-electron chi connectivity index (χ2n) is 5.37. The maximum absolute atomic E-state index is 12.0. The van der Waals surface area contributed by atoms with Gasteiger partial charge in [-0.3, -0.25) is 4.79 Å². The van der Waals surface area contributed by atoms with Crippen molar-refractivity contribution < 1.29 is 9.53 Å². The van der Waals surface area contributed by atoms with Crippen LogP contribution in [0.25, 0.3) is 0 Å². The van der Waals surface area contributed by atoms with Crippen molar-refractivity contribution in [3.63, 3.8) is 0 Å². The van der Waals surface area contributed by atoms with Crippen LogP contribution in [0, 0.1) is 5.41 Å². The van der Waals surface area contributed by atoms with Crippen LogP contribution in [0.1, 0.15) is 44.9 Å². The topological polar surface area (TPSA) is 64.4 Å². The van der Waals surface area contributed by atoms with Gasteiger partial charge in [-0.15, -0.1) is 0 Å². The lowest BCUT2D eigenvalue weighted by atomic mass is 9.68. The van der Waals surface area contributed by atoms with Crippen LogP contribution in [0.5, 0.6) is 0 Å². The molecule has 0 aromatic rings. The first kappa shape index (κ1) is 12.8. The Morgan fingerprint density at radius 2 is 2.18 bits per heavy atom. The molecule has 1 atom stereocenters. The smallest absolute Gasteiger partial charge is 0.227 e. The van der Waals surface area contributed by atoms with E-state index >= 15 is 0 Å². The molecule has 17 heavy (non-hydrogen) atoms. The van der Waals surface area contributed by atoms with E-state index in [0.29, 0.717) is 12.6 Å². The Morgan fingerprint density at radius 1 is 1.35 bits per heavy atom. The van der Waals surface area contributed by atoms with Gasteiger partial charge in [0.1, 0.15) is 0 Å². The van der Waals surface area contributed by atoms with Crippen LogP contribution in [-0.2, 0) is 9.53 Å². The van der Waals surface area contributed by atoms with Crippen molar-refractivity contribution in [3.8, 4) is 0 Å². The number of hydrogen-bond acceptors (Lipinski definition) is 3. The molecule has 2 aliphatic rings. The Kier molecular flexibility index (Phi) is 4.40. The van der Waals surface area contributed by atoms with Crippen LogP contribution in [0.15, 0.2) is 0 Å². The van der Waals surface area contributed by atoms with Crippen LogP contribution >= 0.6 is 0 Å². The summed E-state index contributed by atoms with van der Waals surface area (Å²) in [6.45, 7) is 2.09. The summed E-state index contributed by atoms with van der Waals surface area (Å²) >= 11 is 0. The maximum Gasteiger partial charge on any atom is 0.227 e. The molecule has 4 heteroatoms. The normalized spacial score (nSPS) is 27.2. The van der Waals surface area contributed by atoms with Gasteiger partial charge in [0.05, 0.1) is 11.5 Å². The van der Waals surface area contributed by atoms with Gasteiger partial charge in [-0.25, -0.2) is 0 Å². The average Bonchev–Trinajstić information content (AvgIpc) is 2.30. The van der Waals surface area contributed by atoms with Gasteiger partial charge in [-0.2, -0.15) is 0 Å². The largest absolute Gasteiger partial charge is 0.378 e. The third-order valence-corrected chi connectivity index (χ3v) is 4.21. The molecule has 0 spiro atoms. The lowest BCUT2D eigenvalue weighted by Gasteiger charge is -2.39. The summed E-state index contributed by atoms with van der Waals surface area (Å²) in [7, 11) is 0. The standard InChI is InChI=1S/C13H24N2O2/c14-10-13(6-3-7-13)12(16)15-8-5-11-4-1-2-9-17-11/h11H,1-10,14H2,(H,15,16).